The van der Waals surface area contributed by atoms with Gasteiger partial charge < -0.3 is 4.42 Å². The van der Waals surface area contributed by atoms with E-state index in [1.165, 1.54) is 32.2 Å². The van der Waals surface area contributed by atoms with E-state index in [0.717, 1.165) is 22.9 Å². The van der Waals surface area contributed by atoms with Crippen molar-refractivity contribution in [2.75, 3.05) is 6.54 Å². The Bertz CT molecular complexity index is 515. The summed E-state index contributed by atoms with van der Waals surface area (Å²) in [6.07, 6.45) is 7.11. The first-order valence-electron chi connectivity index (χ1n) is 6.52. The molecule has 17 heavy (non-hydrogen) atoms. The zero-order chi connectivity index (χ0) is 11.2. The van der Waals surface area contributed by atoms with E-state index in [-0.39, 0.29) is 0 Å². The second kappa shape index (κ2) is 3.57. The summed E-state index contributed by atoms with van der Waals surface area (Å²) in [6.45, 7) is 1.24. The van der Waals surface area contributed by atoms with Crippen LogP contribution in [0, 0.1) is 0 Å². The Morgan fingerprint density at radius 2 is 2.29 bits per heavy atom. The van der Waals surface area contributed by atoms with Gasteiger partial charge in [-0.05, 0) is 44.4 Å². The molecule has 2 fully saturated rings. The van der Waals surface area contributed by atoms with Crippen molar-refractivity contribution in [1.82, 2.24) is 9.88 Å². The molecular formula is C14H16N2O. The van der Waals surface area contributed by atoms with E-state index >= 15 is 0 Å². The molecule has 0 aromatic carbocycles. The lowest BCUT2D eigenvalue weighted by molar-refractivity contribution is 0.225. The minimum Gasteiger partial charge on any atom is -0.458 e. The van der Waals surface area contributed by atoms with Crippen LogP contribution in [0.15, 0.2) is 28.8 Å². The minimum atomic E-state index is 0.497. The van der Waals surface area contributed by atoms with Gasteiger partial charge in [-0.25, -0.2) is 0 Å². The van der Waals surface area contributed by atoms with E-state index in [0.29, 0.717) is 6.04 Å². The topological polar surface area (TPSA) is 29.3 Å². The third-order valence-corrected chi connectivity index (χ3v) is 4.23. The average Bonchev–Trinajstić information content (AvgIpc) is 3.02. The van der Waals surface area contributed by atoms with Gasteiger partial charge in [0.15, 0.2) is 5.58 Å². The largest absolute Gasteiger partial charge is 0.458 e. The molecule has 2 aromatic rings. The van der Waals surface area contributed by atoms with E-state index in [2.05, 4.69) is 16.0 Å². The summed E-state index contributed by atoms with van der Waals surface area (Å²) < 4.78 is 5.96. The molecule has 88 valence electrons. The van der Waals surface area contributed by atoms with Gasteiger partial charge in [0, 0.05) is 18.3 Å². The number of rotatable bonds is 1. The van der Waals surface area contributed by atoms with Gasteiger partial charge in [0.05, 0.1) is 6.04 Å². The van der Waals surface area contributed by atoms with Crippen LogP contribution in [0.4, 0.5) is 0 Å². The molecule has 2 aliphatic rings. The van der Waals surface area contributed by atoms with Crippen LogP contribution >= 0.6 is 0 Å². The van der Waals surface area contributed by atoms with Crippen molar-refractivity contribution in [2.24, 2.45) is 0 Å². The van der Waals surface area contributed by atoms with Crippen molar-refractivity contribution in [3.05, 3.63) is 30.2 Å². The highest BCUT2D eigenvalue weighted by atomic mass is 16.3. The molecule has 4 heterocycles. The molecule has 2 aliphatic heterocycles. The molecule has 3 heteroatoms. The second-order valence-corrected chi connectivity index (χ2v) is 5.16. The SMILES string of the molecule is c1cnc2cc([C@H]3CC[C@@H]4CCCN43)oc2c1. The molecule has 2 atom stereocenters. The van der Waals surface area contributed by atoms with Crippen LogP contribution in [0.2, 0.25) is 0 Å². The number of pyridine rings is 1. The first kappa shape index (κ1) is 9.66. The van der Waals surface area contributed by atoms with E-state index in [1.807, 2.05) is 18.3 Å². The van der Waals surface area contributed by atoms with Crippen molar-refractivity contribution in [1.29, 1.82) is 0 Å². The quantitative estimate of drug-likeness (QED) is 0.751. The molecule has 0 N–H and O–H groups in total. The van der Waals surface area contributed by atoms with Crippen LogP contribution in [-0.4, -0.2) is 22.5 Å². The van der Waals surface area contributed by atoms with Crippen molar-refractivity contribution in [2.45, 2.75) is 37.8 Å². The van der Waals surface area contributed by atoms with Crippen LogP contribution in [0.1, 0.15) is 37.5 Å². The number of hydrogen-bond acceptors (Lipinski definition) is 3. The second-order valence-electron chi connectivity index (χ2n) is 5.16. The van der Waals surface area contributed by atoms with E-state index in [4.69, 9.17) is 4.42 Å². The monoisotopic (exact) mass is 228 g/mol. The van der Waals surface area contributed by atoms with Crippen LogP contribution in [0.25, 0.3) is 11.1 Å². The summed E-state index contributed by atoms with van der Waals surface area (Å²) in [4.78, 5) is 6.97. The van der Waals surface area contributed by atoms with Crippen molar-refractivity contribution >= 4 is 11.1 Å². The summed E-state index contributed by atoms with van der Waals surface area (Å²) in [5.41, 5.74) is 1.91. The minimum absolute atomic E-state index is 0.497. The lowest BCUT2D eigenvalue weighted by atomic mass is 10.1. The molecule has 0 spiro atoms. The van der Waals surface area contributed by atoms with Crippen molar-refractivity contribution in [3.63, 3.8) is 0 Å². The van der Waals surface area contributed by atoms with Crippen LogP contribution < -0.4 is 0 Å². The van der Waals surface area contributed by atoms with Gasteiger partial charge in [-0.2, -0.15) is 0 Å². The predicted molar refractivity (Wildman–Crippen MR) is 65.7 cm³/mol. The Kier molecular flexibility index (Phi) is 2.03. The van der Waals surface area contributed by atoms with Gasteiger partial charge in [-0.3, -0.25) is 9.88 Å². The Labute approximate surface area is 100 Å². The Morgan fingerprint density at radius 1 is 1.29 bits per heavy atom. The number of furan rings is 1. The summed E-state index contributed by atoms with van der Waals surface area (Å²) in [5.74, 6) is 1.11. The molecule has 0 bridgehead atoms. The zero-order valence-corrected chi connectivity index (χ0v) is 9.80. The van der Waals surface area contributed by atoms with E-state index in [1.54, 1.807) is 0 Å². The molecule has 2 saturated heterocycles. The molecule has 0 aliphatic carbocycles. The van der Waals surface area contributed by atoms with Crippen molar-refractivity contribution in [3.8, 4) is 0 Å². The summed E-state index contributed by atoms with van der Waals surface area (Å²) in [5, 5.41) is 0. The van der Waals surface area contributed by atoms with Gasteiger partial charge in [-0.1, -0.05) is 0 Å². The molecule has 3 nitrogen and oxygen atoms in total. The van der Waals surface area contributed by atoms with Gasteiger partial charge in [0.25, 0.3) is 0 Å². The maximum absolute atomic E-state index is 5.96. The third-order valence-electron chi connectivity index (χ3n) is 4.23. The standard InChI is InChI=1S/C14H16N2O/c1-4-13-11(15-7-1)9-14(17-13)12-6-5-10-3-2-8-16(10)12/h1,4,7,9-10,12H,2-3,5-6,8H2/t10-,12+/m0/s1. The predicted octanol–water partition coefficient (Wildman–Crippen LogP) is 3.13. The summed E-state index contributed by atoms with van der Waals surface area (Å²) in [6, 6.07) is 7.36. The Hall–Kier alpha value is -1.35. The van der Waals surface area contributed by atoms with Gasteiger partial charge >= 0.3 is 0 Å². The first-order chi connectivity index (χ1) is 8.42. The molecule has 2 aromatic heterocycles. The molecular weight excluding hydrogens is 212 g/mol. The Morgan fingerprint density at radius 3 is 3.24 bits per heavy atom. The lowest BCUT2D eigenvalue weighted by Crippen LogP contribution is -2.25. The average molecular weight is 228 g/mol. The maximum atomic E-state index is 5.96. The lowest BCUT2D eigenvalue weighted by Gasteiger charge is -2.21. The normalized spacial score (nSPS) is 28.9. The maximum Gasteiger partial charge on any atom is 0.152 e. The highest BCUT2D eigenvalue weighted by Crippen LogP contribution is 2.42. The third kappa shape index (κ3) is 1.42. The molecule has 0 amide bonds. The highest BCUT2D eigenvalue weighted by Gasteiger charge is 2.38. The summed E-state index contributed by atoms with van der Waals surface area (Å²) in [7, 11) is 0. The fourth-order valence-electron chi connectivity index (χ4n) is 3.45. The first-order valence-corrected chi connectivity index (χ1v) is 6.52. The number of fused-ring (bicyclic) bond motifs is 2. The number of hydrogen-bond donors (Lipinski definition) is 0. The van der Waals surface area contributed by atoms with Gasteiger partial charge in [0.2, 0.25) is 0 Å². The molecule has 0 radical (unpaired) electrons. The highest BCUT2D eigenvalue weighted by molar-refractivity contribution is 5.72. The molecule has 4 rings (SSSR count). The fourth-order valence-corrected chi connectivity index (χ4v) is 3.45. The molecule has 0 saturated carbocycles. The van der Waals surface area contributed by atoms with Gasteiger partial charge in [-0.15, -0.1) is 0 Å². The summed E-state index contributed by atoms with van der Waals surface area (Å²) >= 11 is 0. The van der Waals surface area contributed by atoms with Crippen LogP contribution in [0.5, 0.6) is 0 Å². The van der Waals surface area contributed by atoms with E-state index in [9.17, 15) is 0 Å². The fraction of sp³-hybridized carbons (Fsp3) is 0.500. The smallest absolute Gasteiger partial charge is 0.152 e. The van der Waals surface area contributed by atoms with Crippen molar-refractivity contribution < 1.29 is 4.42 Å². The zero-order valence-electron chi connectivity index (χ0n) is 9.80. The number of nitrogens with zero attached hydrogens (tertiary/aromatic N) is 2. The molecule has 0 unspecified atom stereocenters. The van der Waals surface area contributed by atoms with E-state index < -0.39 is 0 Å². The van der Waals surface area contributed by atoms with Crippen LogP contribution in [0.3, 0.4) is 0 Å². The Balaban J connectivity index is 1.74. The number of aromatic nitrogens is 1. The van der Waals surface area contributed by atoms with Crippen LogP contribution in [-0.2, 0) is 0 Å². The van der Waals surface area contributed by atoms with Gasteiger partial charge in [0.1, 0.15) is 11.3 Å².